The van der Waals surface area contributed by atoms with Gasteiger partial charge in [-0.1, -0.05) is 40.5 Å². The van der Waals surface area contributed by atoms with Crippen LogP contribution in [0.1, 0.15) is 66.2 Å². The van der Waals surface area contributed by atoms with E-state index in [1.165, 1.54) is 77.8 Å². The van der Waals surface area contributed by atoms with E-state index in [4.69, 9.17) is 5.73 Å². The molecule has 0 aliphatic rings. The molecule has 0 aliphatic heterocycles. The van der Waals surface area contributed by atoms with Gasteiger partial charge in [-0.2, -0.15) is 0 Å². The highest BCUT2D eigenvalue weighted by molar-refractivity contribution is 4.64. The van der Waals surface area contributed by atoms with E-state index in [1.807, 2.05) is 0 Å². The average Bonchev–Trinajstić information content (AvgIpc) is 2.47. The molecule has 0 aliphatic carbocycles. The molecule has 0 atom stereocenters. The van der Waals surface area contributed by atoms with Gasteiger partial charge in [-0.05, 0) is 65.0 Å². The summed E-state index contributed by atoms with van der Waals surface area (Å²) < 4.78 is 0. The molecule has 0 unspecified atom stereocenters. The number of nitrogens with two attached hydrogens (primary N) is 1. The number of nitrogens with zero attached hydrogens (tertiary/aromatic N) is 2. The van der Waals surface area contributed by atoms with E-state index in [0.717, 1.165) is 0 Å². The SMILES string of the molecule is CCN(CC)CCCCC(N)CCCCN(CC)CC. The van der Waals surface area contributed by atoms with Gasteiger partial charge in [0, 0.05) is 6.04 Å². The summed E-state index contributed by atoms with van der Waals surface area (Å²) in [5, 5.41) is 0. The fourth-order valence-electron chi connectivity index (χ4n) is 2.71. The quantitative estimate of drug-likeness (QED) is 0.497. The molecule has 0 heterocycles. The second-order valence-electron chi connectivity index (χ2n) is 5.81. The Hall–Kier alpha value is -0.120. The first-order valence-electron chi connectivity index (χ1n) is 8.88. The van der Waals surface area contributed by atoms with E-state index in [-0.39, 0.29) is 0 Å². The van der Waals surface area contributed by atoms with Gasteiger partial charge in [0.15, 0.2) is 0 Å². The van der Waals surface area contributed by atoms with E-state index in [0.29, 0.717) is 6.04 Å². The van der Waals surface area contributed by atoms with Crippen LogP contribution in [0.2, 0.25) is 0 Å². The molecule has 20 heavy (non-hydrogen) atoms. The zero-order valence-electron chi connectivity index (χ0n) is 14.5. The van der Waals surface area contributed by atoms with Crippen molar-refractivity contribution in [2.45, 2.75) is 72.3 Å². The van der Waals surface area contributed by atoms with Crippen LogP contribution in [0, 0.1) is 0 Å². The Labute approximate surface area is 127 Å². The van der Waals surface area contributed by atoms with E-state index in [1.54, 1.807) is 0 Å². The van der Waals surface area contributed by atoms with Crippen molar-refractivity contribution in [1.29, 1.82) is 0 Å². The molecule has 0 amide bonds. The molecule has 0 fully saturated rings. The average molecular weight is 286 g/mol. The highest BCUT2D eigenvalue weighted by atomic mass is 15.1. The minimum atomic E-state index is 0.420. The van der Waals surface area contributed by atoms with Crippen molar-refractivity contribution in [3.63, 3.8) is 0 Å². The summed E-state index contributed by atoms with van der Waals surface area (Å²) in [4.78, 5) is 4.99. The summed E-state index contributed by atoms with van der Waals surface area (Å²) in [7, 11) is 0. The van der Waals surface area contributed by atoms with Crippen molar-refractivity contribution in [2.75, 3.05) is 39.3 Å². The molecule has 0 spiro atoms. The molecule has 0 rings (SSSR count). The van der Waals surface area contributed by atoms with E-state index in [2.05, 4.69) is 37.5 Å². The molecule has 3 heteroatoms. The molecule has 3 nitrogen and oxygen atoms in total. The Morgan fingerprint density at radius 1 is 0.650 bits per heavy atom. The molecule has 0 bridgehead atoms. The standard InChI is InChI=1S/C17H39N3/c1-5-19(6-2)15-11-9-13-17(18)14-10-12-16-20(7-3)8-4/h17H,5-16,18H2,1-4H3. The van der Waals surface area contributed by atoms with Crippen LogP contribution in [0.5, 0.6) is 0 Å². The molecular formula is C17H39N3. The third kappa shape index (κ3) is 10.6. The maximum atomic E-state index is 6.21. The molecule has 0 saturated carbocycles. The van der Waals surface area contributed by atoms with Crippen LogP contribution < -0.4 is 5.73 Å². The normalized spacial score (nSPS) is 12.0. The van der Waals surface area contributed by atoms with Gasteiger partial charge in [-0.15, -0.1) is 0 Å². The molecule has 0 aromatic rings. The van der Waals surface area contributed by atoms with E-state index >= 15 is 0 Å². The molecule has 2 N–H and O–H groups in total. The first-order valence-corrected chi connectivity index (χ1v) is 8.88. The predicted molar refractivity (Wildman–Crippen MR) is 91.3 cm³/mol. The molecule has 0 saturated heterocycles. The molecular weight excluding hydrogens is 246 g/mol. The van der Waals surface area contributed by atoms with E-state index < -0.39 is 0 Å². The highest BCUT2D eigenvalue weighted by Gasteiger charge is 2.05. The maximum Gasteiger partial charge on any atom is 0.00388 e. The third-order valence-corrected chi connectivity index (χ3v) is 4.39. The van der Waals surface area contributed by atoms with Gasteiger partial charge in [-0.3, -0.25) is 0 Å². The Morgan fingerprint density at radius 2 is 1.00 bits per heavy atom. The zero-order chi connectivity index (χ0) is 15.2. The number of rotatable bonds is 14. The minimum Gasteiger partial charge on any atom is -0.328 e. The fourth-order valence-corrected chi connectivity index (χ4v) is 2.71. The van der Waals surface area contributed by atoms with Crippen molar-refractivity contribution in [2.24, 2.45) is 5.73 Å². The summed E-state index contributed by atoms with van der Waals surface area (Å²) in [6, 6.07) is 0.420. The lowest BCUT2D eigenvalue weighted by Crippen LogP contribution is -2.26. The lowest BCUT2D eigenvalue weighted by Gasteiger charge is -2.19. The lowest BCUT2D eigenvalue weighted by atomic mass is 10.0. The fraction of sp³-hybridized carbons (Fsp3) is 1.00. The van der Waals surface area contributed by atoms with Crippen LogP contribution >= 0.6 is 0 Å². The molecule has 122 valence electrons. The Balaban J connectivity index is 3.43. The topological polar surface area (TPSA) is 32.5 Å². The Kier molecular flexibility index (Phi) is 13.8. The Bertz CT molecular complexity index is 169. The molecule has 0 radical (unpaired) electrons. The number of hydrogen-bond donors (Lipinski definition) is 1. The number of hydrogen-bond acceptors (Lipinski definition) is 3. The maximum absolute atomic E-state index is 6.21. The lowest BCUT2D eigenvalue weighted by molar-refractivity contribution is 0.289. The van der Waals surface area contributed by atoms with Crippen LogP contribution in [0.15, 0.2) is 0 Å². The second kappa shape index (κ2) is 13.8. The van der Waals surface area contributed by atoms with Gasteiger partial charge in [0.05, 0.1) is 0 Å². The van der Waals surface area contributed by atoms with Gasteiger partial charge in [0.25, 0.3) is 0 Å². The van der Waals surface area contributed by atoms with Crippen molar-refractivity contribution >= 4 is 0 Å². The number of unbranched alkanes of at least 4 members (excludes halogenated alkanes) is 2. The zero-order valence-corrected chi connectivity index (χ0v) is 14.5. The van der Waals surface area contributed by atoms with Gasteiger partial charge >= 0.3 is 0 Å². The van der Waals surface area contributed by atoms with Gasteiger partial charge < -0.3 is 15.5 Å². The molecule has 0 aromatic carbocycles. The smallest absolute Gasteiger partial charge is 0.00388 e. The van der Waals surface area contributed by atoms with Crippen molar-refractivity contribution in [1.82, 2.24) is 9.80 Å². The summed E-state index contributed by atoms with van der Waals surface area (Å²) in [5.41, 5.74) is 6.21. The van der Waals surface area contributed by atoms with Crippen LogP contribution in [-0.4, -0.2) is 55.1 Å². The first kappa shape index (κ1) is 19.9. The molecule has 0 aromatic heterocycles. The largest absolute Gasteiger partial charge is 0.328 e. The monoisotopic (exact) mass is 285 g/mol. The summed E-state index contributed by atoms with van der Waals surface area (Å²) in [6.07, 6.45) is 7.57. The first-order chi connectivity index (χ1) is 9.67. The van der Waals surface area contributed by atoms with Crippen LogP contribution in [0.4, 0.5) is 0 Å². The van der Waals surface area contributed by atoms with Crippen molar-refractivity contribution in [3.8, 4) is 0 Å². The minimum absolute atomic E-state index is 0.420. The summed E-state index contributed by atoms with van der Waals surface area (Å²) in [6.45, 7) is 16.1. The Morgan fingerprint density at radius 3 is 1.30 bits per heavy atom. The van der Waals surface area contributed by atoms with Crippen molar-refractivity contribution < 1.29 is 0 Å². The summed E-state index contributed by atoms with van der Waals surface area (Å²) in [5.74, 6) is 0. The van der Waals surface area contributed by atoms with Crippen LogP contribution in [-0.2, 0) is 0 Å². The van der Waals surface area contributed by atoms with Crippen molar-refractivity contribution in [3.05, 3.63) is 0 Å². The van der Waals surface area contributed by atoms with Crippen LogP contribution in [0.3, 0.4) is 0 Å². The van der Waals surface area contributed by atoms with E-state index in [9.17, 15) is 0 Å². The van der Waals surface area contributed by atoms with Gasteiger partial charge in [0.2, 0.25) is 0 Å². The van der Waals surface area contributed by atoms with Gasteiger partial charge in [0.1, 0.15) is 0 Å². The summed E-state index contributed by atoms with van der Waals surface area (Å²) >= 11 is 0. The van der Waals surface area contributed by atoms with Crippen LogP contribution in [0.25, 0.3) is 0 Å². The third-order valence-electron chi connectivity index (χ3n) is 4.39. The van der Waals surface area contributed by atoms with Gasteiger partial charge in [-0.25, -0.2) is 0 Å². The predicted octanol–water partition coefficient (Wildman–Crippen LogP) is 3.34. The second-order valence-corrected chi connectivity index (χ2v) is 5.81. The highest BCUT2D eigenvalue weighted by Crippen LogP contribution is 2.08.